The van der Waals surface area contributed by atoms with Crippen molar-refractivity contribution in [2.24, 2.45) is 5.92 Å². The van der Waals surface area contributed by atoms with E-state index in [0.29, 0.717) is 19.5 Å². The van der Waals surface area contributed by atoms with Crippen LogP contribution in [0.25, 0.3) is 0 Å². The second kappa shape index (κ2) is 6.07. The molecule has 1 N–H and O–H groups in total. The first-order chi connectivity index (χ1) is 8.43. The monoisotopic (exact) mass is 256 g/mol. The van der Waals surface area contributed by atoms with Crippen LogP contribution in [0.2, 0.25) is 0 Å². The van der Waals surface area contributed by atoms with Gasteiger partial charge in [0.2, 0.25) is 0 Å². The molecule has 104 valence electrons. The van der Waals surface area contributed by atoms with E-state index in [1.807, 2.05) is 32.6 Å². The van der Waals surface area contributed by atoms with Crippen LogP contribution in [0.5, 0.6) is 0 Å². The number of hydrogen-bond acceptors (Lipinski definition) is 2. The van der Waals surface area contributed by atoms with Crippen molar-refractivity contribution in [3.63, 3.8) is 0 Å². The summed E-state index contributed by atoms with van der Waals surface area (Å²) in [7, 11) is 0. The number of likely N-dealkylation sites (tertiary alicyclic amines) is 1. The largest absolute Gasteiger partial charge is 0.481 e. The Hall–Kier alpha value is -1.26. The molecule has 0 aromatic carbocycles. The lowest BCUT2D eigenvalue weighted by Crippen LogP contribution is -2.49. The van der Waals surface area contributed by atoms with Crippen LogP contribution < -0.4 is 0 Å². The van der Waals surface area contributed by atoms with Crippen molar-refractivity contribution >= 4 is 12.0 Å². The fourth-order valence-corrected chi connectivity index (χ4v) is 2.56. The summed E-state index contributed by atoms with van der Waals surface area (Å²) in [6.07, 6.45) is 1.46. The van der Waals surface area contributed by atoms with Gasteiger partial charge < -0.3 is 14.9 Å². The molecule has 0 spiro atoms. The molecule has 3 unspecified atom stereocenters. The zero-order chi connectivity index (χ0) is 13.9. The van der Waals surface area contributed by atoms with Gasteiger partial charge in [-0.25, -0.2) is 4.79 Å². The van der Waals surface area contributed by atoms with E-state index in [1.165, 1.54) is 0 Å². The SMILES string of the molecule is CCC(C)N(CC)C(=O)N1CCC(C(=O)O)C1C. The van der Waals surface area contributed by atoms with Crippen LogP contribution in [0.1, 0.15) is 40.5 Å². The molecule has 5 nitrogen and oxygen atoms in total. The molecule has 0 saturated carbocycles. The van der Waals surface area contributed by atoms with E-state index in [4.69, 9.17) is 5.11 Å². The Kier molecular flexibility index (Phi) is 4.99. The minimum atomic E-state index is -0.801. The number of carbonyl (C=O) groups is 2. The molecule has 18 heavy (non-hydrogen) atoms. The fraction of sp³-hybridized carbons (Fsp3) is 0.846. The number of carboxylic acids is 1. The average molecular weight is 256 g/mol. The highest BCUT2D eigenvalue weighted by Crippen LogP contribution is 2.26. The van der Waals surface area contributed by atoms with E-state index in [-0.39, 0.29) is 18.1 Å². The summed E-state index contributed by atoms with van der Waals surface area (Å²) in [6.45, 7) is 9.07. The zero-order valence-corrected chi connectivity index (χ0v) is 11.7. The van der Waals surface area contributed by atoms with Crippen LogP contribution in [0, 0.1) is 5.92 Å². The van der Waals surface area contributed by atoms with Crippen molar-refractivity contribution in [1.29, 1.82) is 0 Å². The van der Waals surface area contributed by atoms with Crippen LogP contribution in [-0.4, -0.2) is 52.1 Å². The molecule has 2 amide bonds. The molecule has 0 radical (unpaired) electrons. The Morgan fingerprint density at radius 2 is 2.06 bits per heavy atom. The topological polar surface area (TPSA) is 60.9 Å². The summed E-state index contributed by atoms with van der Waals surface area (Å²) in [5, 5.41) is 9.08. The summed E-state index contributed by atoms with van der Waals surface area (Å²) in [5.41, 5.74) is 0. The van der Waals surface area contributed by atoms with Crippen molar-refractivity contribution in [1.82, 2.24) is 9.80 Å². The van der Waals surface area contributed by atoms with Crippen LogP contribution in [0.3, 0.4) is 0 Å². The third-order valence-corrected chi connectivity index (χ3v) is 4.03. The van der Waals surface area contributed by atoms with Crippen molar-refractivity contribution in [2.45, 2.75) is 52.6 Å². The van der Waals surface area contributed by atoms with Gasteiger partial charge in [0.15, 0.2) is 0 Å². The highest BCUT2D eigenvalue weighted by atomic mass is 16.4. The zero-order valence-electron chi connectivity index (χ0n) is 11.7. The molecular formula is C13H24N2O3. The first-order valence-electron chi connectivity index (χ1n) is 6.74. The molecule has 1 heterocycles. The maximum Gasteiger partial charge on any atom is 0.320 e. The second-order valence-corrected chi connectivity index (χ2v) is 4.99. The molecule has 1 saturated heterocycles. The molecule has 0 aromatic rings. The number of urea groups is 1. The number of carbonyl (C=O) groups excluding carboxylic acids is 1. The number of amides is 2. The van der Waals surface area contributed by atoms with E-state index in [2.05, 4.69) is 0 Å². The minimum Gasteiger partial charge on any atom is -0.481 e. The first-order valence-corrected chi connectivity index (χ1v) is 6.74. The van der Waals surface area contributed by atoms with Crippen LogP contribution in [0.15, 0.2) is 0 Å². The summed E-state index contributed by atoms with van der Waals surface area (Å²) >= 11 is 0. The van der Waals surface area contributed by atoms with E-state index >= 15 is 0 Å². The van der Waals surface area contributed by atoms with Crippen LogP contribution >= 0.6 is 0 Å². The first kappa shape index (κ1) is 14.8. The Balaban J connectivity index is 2.76. The highest BCUT2D eigenvalue weighted by molar-refractivity contribution is 5.78. The summed E-state index contributed by atoms with van der Waals surface area (Å²) in [4.78, 5) is 27.0. The lowest BCUT2D eigenvalue weighted by Gasteiger charge is -2.34. The lowest BCUT2D eigenvalue weighted by molar-refractivity contribution is -0.142. The van der Waals surface area contributed by atoms with Crippen LogP contribution in [0.4, 0.5) is 4.79 Å². The van der Waals surface area contributed by atoms with Gasteiger partial charge in [0.1, 0.15) is 0 Å². The second-order valence-electron chi connectivity index (χ2n) is 4.99. The molecule has 0 aliphatic carbocycles. The lowest BCUT2D eigenvalue weighted by atomic mass is 10.0. The molecule has 3 atom stereocenters. The van der Waals surface area contributed by atoms with Gasteiger partial charge in [-0.3, -0.25) is 4.79 Å². The molecule has 1 fully saturated rings. The van der Waals surface area contributed by atoms with Gasteiger partial charge in [-0.2, -0.15) is 0 Å². The third-order valence-electron chi connectivity index (χ3n) is 4.03. The molecule has 5 heteroatoms. The van der Waals surface area contributed by atoms with E-state index < -0.39 is 11.9 Å². The Labute approximate surface area is 109 Å². The van der Waals surface area contributed by atoms with E-state index in [1.54, 1.807) is 4.90 Å². The van der Waals surface area contributed by atoms with Crippen molar-refractivity contribution in [3.8, 4) is 0 Å². The maximum atomic E-state index is 12.4. The summed E-state index contributed by atoms with van der Waals surface area (Å²) < 4.78 is 0. The predicted molar refractivity (Wildman–Crippen MR) is 69.4 cm³/mol. The minimum absolute atomic E-state index is 0.0249. The van der Waals surface area contributed by atoms with Gasteiger partial charge in [-0.15, -0.1) is 0 Å². The summed E-state index contributed by atoms with van der Waals surface area (Å²) in [5.74, 6) is -1.23. The molecule has 1 aliphatic heterocycles. The average Bonchev–Trinajstić information content (AvgIpc) is 2.71. The number of hydrogen-bond donors (Lipinski definition) is 1. The molecule has 0 aromatic heterocycles. The highest BCUT2D eigenvalue weighted by Gasteiger charge is 2.39. The van der Waals surface area contributed by atoms with Gasteiger partial charge in [-0.05, 0) is 33.6 Å². The third kappa shape index (κ3) is 2.76. The number of aliphatic carboxylic acids is 1. The van der Waals surface area contributed by atoms with Gasteiger partial charge >= 0.3 is 12.0 Å². The maximum absolute atomic E-state index is 12.4. The van der Waals surface area contributed by atoms with Gasteiger partial charge in [-0.1, -0.05) is 6.92 Å². The standard InChI is InChI=1S/C13H24N2O3/c1-5-9(3)14(6-2)13(18)15-8-7-11(10(15)4)12(16)17/h9-11H,5-8H2,1-4H3,(H,16,17). The normalized spacial score (nSPS) is 25.0. The number of rotatable bonds is 4. The fourth-order valence-electron chi connectivity index (χ4n) is 2.56. The number of carboxylic acid groups (broad SMARTS) is 1. The van der Waals surface area contributed by atoms with Gasteiger partial charge in [0.05, 0.1) is 5.92 Å². The predicted octanol–water partition coefficient (Wildman–Crippen LogP) is 2.02. The Morgan fingerprint density at radius 3 is 2.44 bits per heavy atom. The Morgan fingerprint density at radius 1 is 1.44 bits per heavy atom. The Bertz CT molecular complexity index is 319. The van der Waals surface area contributed by atoms with E-state index in [0.717, 1.165) is 6.42 Å². The van der Waals surface area contributed by atoms with Gasteiger partial charge in [0, 0.05) is 25.2 Å². The van der Waals surface area contributed by atoms with Crippen molar-refractivity contribution < 1.29 is 14.7 Å². The van der Waals surface area contributed by atoms with Crippen LogP contribution in [-0.2, 0) is 4.79 Å². The van der Waals surface area contributed by atoms with Crippen molar-refractivity contribution in [3.05, 3.63) is 0 Å². The molecule has 1 rings (SSSR count). The van der Waals surface area contributed by atoms with Gasteiger partial charge in [0.25, 0.3) is 0 Å². The molecule has 0 bridgehead atoms. The van der Waals surface area contributed by atoms with E-state index in [9.17, 15) is 9.59 Å². The quantitative estimate of drug-likeness (QED) is 0.837. The summed E-state index contributed by atoms with van der Waals surface area (Å²) in [6, 6.07) is -0.0465. The number of nitrogens with zero attached hydrogens (tertiary/aromatic N) is 2. The molecular weight excluding hydrogens is 232 g/mol. The van der Waals surface area contributed by atoms with Crippen molar-refractivity contribution in [2.75, 3.05) is 13.1 Å². The smallest absolute Gasteiger partial charge is 0.320 e. The molecule has 1 aliphatic rings.